The summed E-state index contributed by atoms with van der Waals surface area (Å²) in [6.07, 6.45) is 1.75. The number of guanidine groups is 1. The van der Waals surface area contributed by atoms with E-state index in [-0.39, 0.29) is 12.3 Å². The number of anilines is 1. The Balaban J connectivity index is 1.58. The molecule has 0 bridgehead atoms. The summed E-state index contributed by atoms with van der Waals surface area (Å²) in [5.41, 5.74) is 0.444. The number of esters is 1. The normalized spacial score (nSPS) is 20.6. The molecule has 1 aromatic heterocycles. The second-order valence-electron chi connectivity index (χ2n) is 7.63. The number of hydrogen-bond acceptors (Lipinski definition) is 9. The predicted molar refractivity (Wildman–Crippen MR) is 120 cm³/mol. The highest BCUT2D eigenvalue weighted by atomic mass is 16.6. The Bertz CT molecular complexity index is 1050. The SMILES string of the molecule is CCOC(=O)[C@@H]1C(=O)NC(N2CCN(c3ccccn3)CC2)=N[C@H]1c1ccc([N+](=O)[O-])cc1. The molecule has 0 unspecified atom stereocenters. The predicted octanol–water partition coefficient (Wildman–Crippen LogP) is 1.52. The molecule has 2 aromatic rings. The maximum Gasteiger partial charge on any atom is 0.321 e. The van der Waals surface area contributed by atoms with Crippen molar-refractivity contribution in [3.8, 4) is 0 Å². The van der Waals surface area contributed by atoms with Gasteiger partial charge in [0.25, 0.3) is 5.69 Å². The summed E-state index contributed by atoms with van der Waals surface area (Å²) in [5.74, 6) is -1.09. The number of nitro benzene ring substituents is 1. The van der Waals surface area contributed by atoms with Crippen LogP contribution in [0.25, 0.3) is 0 Å². The Morgan fingerprint density at radius 2 is 1.85 bits per heavy atom. The molecule has 1 saturated heterocycles. The van der Waals surface area contributed by atoms with Crippen molar-refractivity contribution in [2.45, 2.75) is 13.0 Å². The number of hydrogen-bond donors (Lipinski definition) is 1. The van der Waals surface area contributed by atoms with Gasteiger partial charge in [-0.05, 0) is 24.6 Å². The lowest BCUT2D eigenvalue weighted by molar-refractivity contribution is -0.384. The summed E-state index contributed by atoms with van der Waals surface area (Å²) < 4.78 is 5.10. The summed E-state index contributed by atoms with van der Waals surface area (Å²) in [7, 11) is 0. The standard InChI is InChI=1S/C22H24N6O5/c1-2-33-21(30)18-19(15-6-8-16(9-7-15)28(31)32)24-22(25-20(18)29)27-13-11-26(12-14-27)17-5-3-4-10-23-17/h3-10,18-19H,2,11-14H2,1H3,(H,24,25,29)/t18-,19-/m0/s1. The largest absolute Gasteiger partial charge is 0.465 e. The van der Waals surface area contributed by atoms with Gasteiger partial charge in [0, 0.05) is 44.5 Å². The molecule has 3 heterocycles. The zero-order chi connectivity index (χ0) is 23.4. The van der Waals surface area contributed by atoms with Crippen molar-refractivity contribution < 1.29 is 19.2 Å². The molecule has 1 amide bonds. The quantitative estimate of drug-likeness (QED) is 0.313. The number of carbonyl (C=O) groups excluding carboxylic acids is 2. The fraction of sp³-hybridized carbons (Fsp3) is 0.364. The van der Waals surface area contributed by atoms with E-state index in [2.05, 4.69) is 20.2 Å². The van der Waals surface area contributed by atoms with Crippen LogP contribution in [0, 0.1) is 16.0 Å². The minimum atomic E-state index is -1.18. The first kappa shape index (κ1) is 22.2. The second-order valence-corrected chi connectivity index (χ2v) is 7.63. The van der Waals surface area contributed by atoms with E-state index in [1.807, 2.05) is 23.1 Å². The maximum absolute atomic E-state index is 13.0. The number of piperazine rings is 1. The van der Waals surface area contributed by atoms with E-state index < -0.39 is 28.8 Å². The fourth-order valence-corrected chi connectivity index (χ4v) is 3.95. The molecule has 0 saturated carbocycles. The molecule has 1 fully saturated rings. The molecule has 2 aliphatic heterocycles. The lowest BCUT2D eigenvalue weighted by Crippen LogP contribution is -2.57. The summed E-state index contributed by atoms with van der Waals surface area (Å²) in [6, 6.07) is 10.6. The molecule has 0 aliphatic carbocycles. The first-order valence-corrected chi connectivity index (χ1v) is 10.7. The van der Waals surface area contributed by atoms with E-state index in [1.165, 1.54) is 24.3 Å². The Hall–Kier alpha value is -4.02. The zero-order valence-electron chi connectivity index (χ0n) is 18.1. The van der Waals surface area contributed by atoms with Crippen molar-refractivity contribution >= 4 is 29.3 Å². The van der Waals surface area contributed by atoms with E-state index in [9.17, 15) is 19.7 Å². The Kier molecular flexibility index (Phi) is 6.48. The van der Waals surface area contributed by atoms with Crippen molar-refractivity contribution in [2.24, 2.45) is 10.9 Å². The number of nitro groups is 1. The number of benzene rings is 1. The fourth-order valence-electron chi connectivity index (χ4n) is 3.95. The third kappa shape index (κ3) is 4.76. The van der Waals surface area contributed by atoms with Crippen LogP contribution in [0.15, 0.2) is 53.7 Å². The molecule has 1 aromatic carbocycles. The number of ether oxygens (including phenoxy) is 1. The van der Waals surface area contributed by atoms with Gasteiger partial charge in [-0.2, -0.15) is 0 Å². The number of pyridine rings is 1. The number of nitrogens with one attached hydrogen (secondary N) is 1. The van der Waals surface area contributed by atoms with E-state index in [0.29, 0.717) is 37.7 Å². The minimum absolute atomic E-state index is 0.0819. The molecule has 4 rings (SSSR count). The van der Waals surface area contributed by atoms with Gasteiger partial charge < -0.3 is 14.5 Å². The highest BCUT2D eigenvalue weighted by Gasteiger charge is 2.42. The van der Waals surface area contributed by atoms with E-state index in [4.69, 9.17) is 4.74 Å². The molecule has 11 heteroatoms. The monoisotopic (exact) mass is 452 g/mol. The van der Waals surface area contributed by atoms with Crippen molar-refractivity contribution in [2.75, 3.05) is 37.7 Å². The molecule has 172 valence electrons. The highest BCUT2D eigenvalue weighted by Crippen LogP contribution is 2.32. The topological polar surface area (TPSA) is 130 Å². The van der Waals surface area contributed by atoms with Gasteiger partial charge in [0.05, 0.1) is 11.5 Å². The first-order valence-electron chi connectivity index (χ1n) is 10.7. The first-order chi connectivity index (χ1) is 16.0. The van der Waals surface area contributed by atoms with Crippen LogP contribution in [0.5, 0.6) is 0 Å². The molecular formula is C22H24N6O5. The third-order valence-corrected chi connectivity index (χ3v) is 5.63. The van der Waals surface area contributed by atoms with Gasteiger partial charge in [0.15, 0.2) is 5.92 Å². The summed E-state index contributed by atoms with van der Waals surface area (Å²) in [5, 5.41) is 13.8. The Morgan fingerprint density at radius 1 is 1.15 bits per heavy atom. The summed E-state index contributed by atoms with van der Waals surface area (Å²) >= 11 is 0. The van der Waals surface area contributed by atoms with Crippen molar-refractivity contribution in [3.05, 3.63) is 64.3 Å². The average Bonchev–Trinajstić information content (AvgIpc) is 2.84. The second kappa shape index (κ2) is 9.63. The summed E-state index contributed by atoms with van der Waals surface area (Å²) in [4.78, 5) is 49.2. The Morgan fingerprint density at radius 3 is 2.45 bits per heavy atom. The van der Waals surface area contributed by atoms with Crippen molar-refractivity contribution in [1.29, 1.82) is 0 Å². The van der Waals surface area contributed by atoms with Crippen LogP contribution in [0.4, 0.5) is 11.5 Å². The van der Waals surface area contributed by atoms with Crippen molar-refractivity contribution in [1.82, 2.24) is 15.2 Å². The molecule has 2 aliphatic rings. The van der Waals surface area contributed by atoms with Gasteiger partial charge in [0.2, 0.25) is 11.9 Å². The smallest absolute Gasteiger partial charge is 0.321 e. The van der Waals surface area contributed by atoms with Crippen LogP contribution in [0.2, 0.25) is 0 Å². The number of nitrogens with zero attached hydrogens (tertiary/aromatic N) is 5. The van der Waals surface area contributed by atoms with E-state index in [0.717, 1.165) is 5.82 Å². The average molecular weight is 452 g/mol. The van der Waals surface area contributed by atoms with Crippen LogP contribution in [-0.2, 0) is 14.3 Å². The van der Waals surface area contributed by atoms with Gasteiger partial charge in [-0.3, -0.25) is 25.0 Å². The van der Waals surface area contributed by atoms with Gasteiger partial charge in [-0.15, -0.1) is 0 Å². The van der Waals surface area contributed by atoms with Crippen molar-refractivity contribution in [3.63, 3.8) is 0 Å². The molecule has 0 radical (unpaired) electrons. The lowest BCUT2D eigenvalue weighted by atomic mass is 9.91. The lowest BCUT2D eigenvalue weighted by Gasteiger charge is -2.39. The molecule has 33 heavy (non-hydrogen) atoms. The number of rotatable bonds is 5. The minimum Gasteiger partial charge on any atom is -0.465 e. The molecule has 2 atom stereocenters. The van der Waals surface area contributed by atoms with Crippen LogP contribution < -0.4 is 10.2 Å². The number of aromatic nitrogens is 1. The van der Waals surface area contributed by atoms with Crippen LogP contribution in [0.3, 0.4) is 0 Å². The molecule has 1 N–H and O–H groups in total. The van der Waals surface area contributed by atoms with Gasteiger partial charge in [-0.25, -0.2) is 9.98 Å². The summed E-state index contributed by atoms with van der Waals surface area (Å²) in [6.45, 7) is 4.38. The van der Waals surface area contributed by atoms with E-state index >= 15 is 0 Å². The molecule has 11 nitrogen and oxygen atoms in total. The highest BCUT2D eigenvalue weighted by molar-refractivity contribution is 6.08. The van der Waals surface area contributed by atoms with Crippen LogP contribution in [-0.4, -0.2) is 65.4 Å². The van der Waals surface area contributed by atoms with E-state index in [1.54, 1.807) is 13.1 Å². The van der Waals surface area contributed by atoms with Gasteiger partial charge >= 0.3 is 5.97 Å². The number of aliphatic imine (C=N–C) groups is 1. The zero-order valence-corrected chi connectivity index (χ0v) is 18.1. The number of non-ortho nitro benzene ring substituents is 1. The molecular weight excluding hydrogens is 428 g/mol. The third-order valence-electron chi connectivity index (χ3n) is 5.63. The van der Waals surface area contributed by atoms with Gasteiger partial charge in [0.1, 0.15) is 11.9 Å². The van der Waals surface area contributed by atoms with Crippen LogP contribution >= 0.6 is 0 Å². The van der Waals surface area contributed by atoms with Gasteiger partial charge in [-0.1, -0.05) is 18.2 Å². The molecule has 0 spiro atoms. The number of carbonyl (C=O) groups is 2. The number of amides is 1. The maximum atomic E-state index is 13.0. The van der Waals surface area contributed by atoms with Crippen LogP contribution in [0.1, 0.15) is 18.5 Å². The Labute approximate surface area is 190 Å².